The van der Waals surface area contributed by atoms with Crippen LogP contribution in [-0.4, -0.2) is 14.3 Å². The molecule has 1 aliphatic heterocycles. The number of nitrogens with zero attached hydrogens (tertiary/aromatic N) is 1. The molecule has 1 aromatic rings. The third-order valence-corrected chi connectivity index (χ3v) is 5.76. The van der Waals surface area contributed by atoms with Crippen molar-refractivity contribution in [3.05, 3.63) is 40.3 Å². The van der Waals surface area contributed by atoms with E-state index in [1.807, 2.05) is 0 Å². The van der Waals surface area contributed by atoms with Crippen LogP contribution in [0.1, 0.15) is 31.2 Å². The summed E-state index contributed by atoms with van der Waals surface area (Å²) >= 11 is 0. The molecule has 0 aromatic heterocycles. The Morgan fingerprint density at radius 3 is 2.32 bits per heavy atom. The third kappa shape index (κ3) is 2.13. The number of hydrogen-bond donors (Lipinski definition) is 0. The molecular formula is C14H12F3NO3S. The van der Waals surface area contributed by atoms with Gasteiger partial charge in [0.05, 0.1) is 16.2 Å². The van der Waals surface area contributed by atoms with Gasteiger partial charge in [-0.15, -0.1) is 0 Å². The maximum Gasteiger partial charge on any atom is 0.418 e. The van der Waals surface area contributed by atoms with Gasteiger partial charge in [0, 0.05) is 5.57 Å². The van der Waals surface area contributed by atoms with Gasteiger partial charge in [-0.25, -0.2) is 8.42 Å². The lowest BCUT2D eigenvalue weighted by Crippen LogP contribution is -2.33. The summed E-state index contributed by atoms with van der Waals surface area (Å²) in [6.45, 7) is 0. The van der Waals surface area contributed by atoms with Gasteiger partial charge in [0.1, 0.15) is 0 Å². The van der Waals surface area contributed by atoms with E-state index in [-0.39, 0.29) is 23.3 Å². The van der Waals surface area contributed by atoms with E-state index in [9.17, 15) is 26.4 Å². The number of para-hydroxylation sites is 1. The lowest BCUT2D eigenvalue weighted by molar-refractivity contribution is -0.137. The van der Waals surface area contributed by atoms with Gasteiger partial charge in [0.25, 0.3) is 15.9 Å². The number of alkyl halides is 3. The van der Waals surface area contributed by atoms with E-state index < -0.39 is 33.4 Å². The van der Waals surface area contributed by atoms with Gasteiger partial charge in [0.15, 0.2) is 0 Å². The maximum atomic E-state index is 13.1. The number of amides is 1. The molecule has 0 saturated carbocycles. The van der Waals surface area contributed by atoms with Crippen LogP contribution in [0.15, 0.2) is 34.7 Å². The van der Waals surface area contributed by atoms with E-state index in [1.54, 1.807) is 0 Å². The summed E-state index contributed by atoms with van der Waals surface area (Å²) in [4.78, 5) is 12.3. The summed E-state index contributed by atoms with van der Waals surface area (Å²) in [7, 11) is -4.21. The molecule has 0 N–H and O–H groups in total. The van der Waals surface area contributed by atoms with Gasteiger partial charge in [-0.3, -0.25) is 4.79 Å². The fourth-order valence-electron chi connectivity index (χ4n) is 2.86. The molecule has 1 amide bonds. The van der Waals surface area contributed by atoms with Crippen LogP contribution in [0.3, 0.4) is 0 Å². The Hall–Kier alpha value is -1.83. The lowest BCUT2D eigenvalue weighted by atomic mass is 9.98. The van der Waals surface area contributed by atoms with Crippen molar-refractivity contribution in [2.24, 2.45) is 0 Å². The van der Waals surface area contributed by atoms with Gasteiger partial charge in [-0.2, -0.15) is 17.5 Å². The topological polar surface area (TPSA) is 54.5 Å². The van der Waals surface area contributed by atoms with Gasteiger partial charge in [-0.1, -0.05) is 12.1 Å². The molecule has 1 aliphatic carbocycles. The van der Waals surface area contributed by atoms with Gasteiger partial charge < -0.3 is 0 Å². The van der Waals surface area contributed by atoms with Gasteiger partial charge in [-0.05, 0) is 37.8 Å². The van der Waals surface area contributed by atoms with Gasteiger partial charge in [0.2, 0.25) is 0 Å². The summed E-state index contributed by atoms with van der Waals surface area (Å²) in [5.74, 6) is -0.855. The van der Waals surface area contributed by atoms with Crippen molar-refractivity contribution in [2.75, 3.05) is 4.31 Å². The van der Waals surface area contributed by atoms with Crippen LogP contribution in [0.4, 0.5) is 18.9 Å². The monoisotopic (exact) mass is 331 g/mol. The molecule has 2 aliphatic rings. The van der Waals surface area contributed by atoms with E-state index in [1.165, 1.54) is 6.07 Å². The zero-order valence-electron chi connectivity index (χ0n) is 11.4. The number of anilines is 1. The Morgan fingerprint density at radius 2 is 1.68 bits per heavy atom. The summed E-state index contributed by atoms with van der Waals surface area (Å²) in [5, 5.41) is 0. The van der Waals surface area contributed by atoms with E-state index in [0.717, 1.165) is 18.2 Å². The Balaban J connectivity index is 2.18. The minimum atomic E-state index is -4.74. The van der Waals surface area contributed by atoms with E-state index in [2.05, 4.69) is 0 Å². The number of allylic oxidation sites excluding steroid dienone is 1. The Bertz CT molecular complexity index is 781. The predicted molar refractivity (Wildman–Crippen MR) is 73.3 cm³/mol. The second kappa shape index (κ2) is 4.84. The first-order valence-corrected chi connectivity index (χ1v) is 8.16. The predicted octanol–water partition coefficient (Wildman–Crippen LogP) is 3.21. The first-order chi connectivity index (χ1) is 10.2. The van der Waals surface area contributed by atoms with Crippen LogP contribution < -0.4 is 4.31 Å². The zero-order chi connectivity index (χ0) is 16.1. The highest BCUT2D eigenvalue weighted by molar-refractivity contribution is 7.98. The molecule has 3 rings (SSSR count). The van der Waals surface area contributed by atoms with Crippen molar-refractivity contribution >= 4 is 21.6 Å². The van der Waals surface area contributed by atoms with Crippen molar-refractivity contribution < 1.29 is 26.4 Å². The number of benzene rings is 1. The quantitative estimate of drug-likeness (QED) is 0.794. The molecular weight excluding hydrogens is 319 g/mol. The molecule has 0 radical (unpaired) electrons. The summed E-state index contributed by atoms with van der Waals surface area (Å²) in [6, 6.07) is 4.23. The maximum absolute atomic E-state index is 13.1. The summed E-state index contributed by atoms with van der Waals surface area (Å²) in [5.41, 5.74) is -1.63. The highest BCUT2D eigenvalue weighted by Gasteiger charge is 2.47. The molecule has 1 aromatic carbocycles. The number of sulfonamides is 1. The minimum Gasteiger partial charge on any atom is -0.268 e. The van der Waals surface area contributed by atoms with Crippen LogP contribution in [0.5, 0.6) is 0 Å². The largest absolute Gasteiger partial charge is 0.418 e. The van der Waals surface area contributed by atoms with Crippen molar-refractivity contribution in [1.82, 2.24) is 0 Å². The van der Waals surface area contributed by atoms with Crippen LogP contribution in [0, 0.1) is 0 Å². The van der Waals surface area contributed by atoms with Crippen LogP contribution in [0.2, 0.25) is 0 Å². The van der Waals surface area contributed by atoms with E-state index in [0.29, 0.717) is 17.1 Å². The van der Waals surface area contributed by atoms with Crippen molar-refractivity contribution in [3.63, 3.8) is 0 Å². The molecule has 118 valence electrons. The lowest BCUT2D eigenvalue weighted by Gasteiger charge is -2.21. The van der Waals surface area contributed by atoms with Crippen LogP contribution in [-0.2, 0) is 21.0 Å². The number of carbonyl (C=O) groups is 1. The first-order valence-electron chi connectivity index (χ1n) is 6.72. The number of rotatable bonds is 1. The number of carbonyl (C=O) groups excluding carboxylic acids is 1. The van der Waals surface area contributed by atoms with Crippen LogP contribution in [0.25, 0.3) is 0 Å². The zero-order valence-corrected chi connectivity index (χ0v) is 12.2. The molecule has 0 fully saturated rings. The standard InChI is InChI=1S/C14H12F3NO3S/c15-14(16,17)10-6-2-3-7-11(10)18-13(19)9-5-1-4-8-12(9)22(18,20)21/h2-3,6-7H,1,4-5,8H2. The fourth-order valence-corrected chi connectivity index (χ4v) is 4.73. The molecule has 22 heavy (non-hydrogen) atoms. The third-order valence-electron chi connectivity index (χ3n) is 3.84. The molecule has 0 spiro atoms. The molecule has 0 atom stereocenters. The molecule has 4 nitrogen and oxygen atoms in total. The highest BCUT2D eigenvalue weighted by atomic mass is 32.2. The highest BCUT2D eigenvalue weighted by Crippen LogP contribution is 2.44. The average molecular weight is 331 g/mol. The summed E-state index contributed by atoms with van der Waals surface area (Å²) in [6.07, 6.45) is -2.98. The van der Waals surface area contributed by atoms with Gasteiger partial charge >= 0.3 is 6.18 Å². The smallest absolute Gasteiger partial charge is 0.268 e. The minimum absolute atomic E-state index is 0.0271. The first kappa shape index (κ1) is 15.1. The Kier molecular flexibility index (Phi) is 3.32. The molecule has 8 heteroatoms. The average Bonchev–Trinajstić information content (AvgIpc) is 2.66. The second-order valence-electron chi connectivity index (χ2n) is 5.20. The number of halogens is 3. The van der Waals surface area contributed by atoms with Crippen molar-refractivity contribution in [3.8, 4) is 0 Å². The Morgan fingerprint density at radius 1 is 1.05 bits per heavy atom. The summed E-state index contributed by atoms with van der Waals surface area (Å²) < 4.78 is 64.6. The molecule has 0 saturated heterocycles. The second-order valence-corrected chi connectivity index (χ2v) is 7.01. The van der Waals surface area contributed by atoms with Crippen LogP contribution >= 0.6 is 0 Å². The molecule has 0 unspecified atom stereocenters. The molecule has 1 heterocycles. The molecule has 0 bridgehead atoms. The SMILES string of the molecule is O=C1C2=C(CCCC2)S(=O)(=O)N1c1ccccc1C(F)(F)F. The fraction of sp³-hybridized carbons (Fsp3) is 0.357. The number of hydrogen-bond acceptors (Lipinski definition) is 3. The Labute approximate surface area is 125 Å². The van der Waals surface area contributed by atoms with Crippen molar-refractivity contribution in [1.29, 1.82) is 0 Å². The normalized spacial score (nSPS) is 21.2. The van der Waals surface area contributed by atoms with E-state index >= 15 is 0 Å². The van der Waals surface area contributed by atoms with E-state index in [4.69, 9.17) is 0 Å². The van der Waals surface area contributed by atoms with Crippen molar-refractivity contribution in [2.45, 2.75) is 31.9 Å².